The van der Waals surface area contributed by atoms with Crippen LogP contribution in [-0.4, -0.2) is 33.9 Å². The Morgan fingerprint density at radius 3 is 2.88 bits per heavy atom. The third-order valence-electron chi connectivity index (χ3n) is 3.23. The van der Waals surface area contributed by atoms with E-state index < -0.39 is 18.7 Å². The van der Waals surface area contributed by atoms with Crippen LogP contribution in [0.5, 0.6) is 5.88 Å². The van der Waals surface area contributed by atoms with Gasteiger partial charge in [0.1, 0.15) is 0 Å². The molecule has 0 aliphatic heterocycles. The van der Waals surface area contributed by atoms with Gasteiger partial charge in [0.05, 0.1) is 10.6 Å². The number of hydrogen-bond acceptors (Lipinski definition) is 5. The van der Waals surface area contributed by atoms with Crippen molar-refractivity contribution in [2.24, 2.45) is 0 Å². The topological polar surface area (TPSA) is 79.9 Å². The van der Waals surface area contributed by atoms with E-state index in [1.165, 1.54) is 23.6 Å². The van der Waals surface area contributed by atoms with Gasteiger partial charge in [0.15, 0.2) is 12.3 Å². The summed E-state index contributed by atoms with van der Waals surface area (Å²) >= 11 is 1.52. The molecule has 3 aromatic heterocycles. The van der Waals surface area contributed by atoms with Crippen molar-refractivity contribution >= 4 is 17.2 Å². The molecule has 0 spiro atoms. The Hall–Kier alpha value is -2.88. The van der Waals surface area contributed by atoms with Crippen LogP contribution in [0.25, 0.3) is 10.6 Å². The van der Waals surface area contributed by atoms with Crippen LogP contribution in [0.1, 0.15) is 16.1 Å². The molecule has 0 fully saturated rings. The number of pyridine rings is 1. The van der Waals surface area contributed by atoms with Crippen LogP contribution in [0.3, 0.4) is 0 Å². The summed E-state index contributed by atoms with van der Waals surface area (Å²) in [6, 6.07) is 8.34. The highest BCUT2D eigenvalue weighted by molar-refractivity contribution is 7.13. The second-order valence-electron chi connectivity index (χ2n) is 5.23. The molecular weight excluding hydrogens is 369 g/mol. The summed E-state index contributed by atoms with van der Waals surface area (Å²) in [6.07, 6.45) is -3.12. The number of amides is 1. The Labute approximate surface area is 150 Å². The molecule has 0 saturated heterocycles. The minimum absolute atomic E-state index is 0.102. The lowest BCUT2D eigenvalue weighted by Crippen LogP contribution is -2.23. The minimum Gasteiger partial charge on any atom is -0.468 e. The predicted octanol–water partition coefficient (Wildman–Crippen LogP) is 3.40. The molecule has 0 bridgehead atoms. The Morgan fingerprint density at radius 1 is 1.31 bits per heavy atom. The van der Waals surface area contributed by atoms with E-state index in [4.69, 9.17) is 0 Å². The highest BCUT2D eigenvalue weighted by atomic mass is 32.1. The molecule has 2 N–H and O–H groups in total. The first-order valence-corrected chi connectivity index (χ1v) is 8.31. The zero-order chi connectivity index (χ0) is 18.6. The molecule has 0 aliphatic carbocycles. The van der Waals surface area contributed by atoms with Crippen molar-refractivity contribution in [2.75, 3.05) is 6.61 Å². The number of halogens is 3. The molecule has 10 heteroatoms. The van der Waals surface area contributed by atoms with Crippen molar-refractivity contribution in [3.63, 3.8) is 0 Å². The zero-order valence-electron chi connectivity index (χ0n) is 13.2. The lowest BCUT2D eigenvalue weighted by atomic mass is 10.2. The number of carbonyl (C=O) groups is 1. The number of nitrogens with zero attached hydrogens (tertiary/aromatic N) is 2. The van der Waals surface area contributed by atoms with Gasteiger partial charge in [0.2, 0.25) is 5.88 Å². The van der Waals surface area contributed by atoms with Crippen LogP contribution in [0, 0.1) is 0 Å². The lowest BCUT2D eigenvalue weighted by Gasteiger charge is -2.09. The highest BCUT2D eigenvalue weighted by Gasteiger charge is 2.28. The second-order valence-corrected chi connectivity index (χ2v) is 6.18. The quantitative estimate of drug-likeness (QED) is 0.685. The fourth-order valence-corrected chi connectivity index (χ4v) is 2.76. The summed E-state index contributed by atoms with van der Waals surface area (Å²) in [6.45, 7) is -1.32. The Bertz CT molecular complexity index is 878. The van der Waals surface area contributed by atoms with Crippen molar-refractivity contribution < 1.29 is 22.7 Å². The van der Waals surface area contributed by atoms with Crippen molar-refractivity contribution in [3.8, 4) is 16.5 Å². The molecule has 0 atom stereocenters. The van der Waals surface area contributed by atoms with Crippen molar-refractivity contribution in [1.29, 1.82) is 0 Å². The molecule has 0 unspecified atom stereocenters. The standard InChI is InChI=1S/C16H13F3N4O2S/c17-16(18,19)9-25-14-6-10(3-4-20-14)8-21-15(24)12-7-11(22-23-12)13-2-1-5-26-13/h1-7H,8-9H2,(H,21,24)(H,22,23). The average molecular weight is 382 g/mol. The monoisotopic (exact) mass is 382 g/mol. The number of aromatic nitrogens is 3. The first-order chi connectivity index (χ1) is 12.4. The first kappa shape index (κ1) is 17.9. The third kappa shape index (κ3) is 4.82. The second kappa shape index (κ2) is 7.56. The molecule has 3 rings (SSSR count). The van der Waals surface area contributed by atoms with E-state index in [2.05, 4.69) is 25.2 Å². The first-order valence-electron chi connectivity index (χ1n) is 7.43. The summed E-state index contributed by atoms with van der Waals surface area (Å²) in [7, 11) is 0. The van der Waals surface area contributed by atoms with E-state index in [-0.39, 0.29) is 18.1 Å². The number of carbonyl (C=O) groups excluding carboxylic acids is 1. The van der Waals surface area contributed by atoms with Crippen molar-refractivity contribution in [1.82, 2.24) is 20.5 Å². The van der Waals surface area contributed by atoms with Gasteiger partial charge >= 0.3 is 6.18 Å². The van der Waals surface area contributed by atoms with Gasteiger partial charge in [-0.1, -0.05) is 6.07 Å². The summed E-state index contributed by atoms with van der Waals surface area (Å²) in [5.74, 6) is -0.563. The zero-order valence-corrected chi connectivity index (χ0v) is 14.0. The normalized spacial score (nSPS) is 11.3. The van der Waals surface area contributed by atoms with Gasteiger partial charge in [0.25, 0.3) is 5.91 Å². The molecule has 3 aromatic rings. The fourth-order valence-electron chi connectivity index (χ4n) is 2.06. The van der Waals surface area contributed by atoms with Crippen molar-refractivity contribution in [2.45, 2.75) is 12.7 Å². The summed E-state index contributed by atoms with van der Waals surface area (Å²) in [5.41, 5.74) is 1.51. The van der Waals surface area contributed by atoms with Gasteiger partial charge < -0.3 is 10.1 Å². The maximum atomic E-state index is 12.2. The van der Waals surface area contributed by atoms with Gasteiger partial charge in [-0.15, -0.1) is 11.3 Å². The van der Waals surface area contributed by atoms with Gasteiger partial charge in [-0.3, -0.25) is 9.89 Å². The number of thiophene rings is 1. The van der Waals surface area contributed by atoms with Crippen LogP contribution in [-0.2, 0) is 6.54 Å². The van der Waals surface area contributed by atoms with Gasteiger partial charge in [0, 0.05) is 18.8 Å². The number of hydrogen-bond donors (Lipinski definition) is 2. The Morgan fingerprint density at radius 2 is 2.15 bits per heavy atom. The lowest BCUT2D eigenvalue weighted by molar-refractivity contribution is -0.154. The van der Waals surface area contributed by atoms with E-state index in [0.717, 1.165) is 10.6 Å². The van der Waals surface area contributed by atoms with Crippen LogP contribution < -0.4 is 10.1 Å². The average Bonchev–Trinajstić information content (AvgIpc) is 3.28. The number of nitrogens with one attached hydrogen (secondary N) is 2. The molecule has 26 heavy (non-hydrogen) atoms. The minimum atomic E-state index is -4.44. The van der Waals surface area contributed by atoms with Crippen LogP contribution in [0.15, 0.2) is 41.9 Å². The van der Waals surface area contributed by atoms with Crippen LogP contribution >= 0.6 is 11.3 Å². The molecule has 0 aromatic carbocycles. The smallest absolute Gasteiger partial charge is 0.422 e. The molecule has 0 saturated carbocycles. The van der Waals surface area contributed by atoms with Crippen LogP contribution in [0.2, 0.25) is 0 Å². The summed E-state index contributed by atoms with van der Waals surface area (Å²) in [4.78, 5) is 16.8. The molecule has 0 aliphatic rings. The molecule has 0 radical (unpaired) electrons. The molecule has 6 nitrogen and oxygen atoms in total. The molecule has 136 valence electrons. The highest BCUT2D eigenvalue weighted by Crippen LogP contribution is 2.23. The maximum absolute atomic E-state index is 12.2. The van der Waals surface area contributed by atoms with E-state index in [0.29, 0.717) is 5.56 Å². The number of rotatable bonds is 6. The Balaban J connectivity index is 1.58. The van der Waals surface area contributed by atoms with Gasteiger partial charge in [-0.05, 0) is 29.1 Å². The third-order valence-corrected chi connectivity index (χ3v) is 4.14. The number of alkyl halides is 3. The van der Waals surface area contributed by atoms with E-state index in [1.807, 2.05) is 17.5 Å². The number of H-pyrrole nitrogens is 1. The summed E-state index contributed by atoms with van der Waals surface area (Å²) < 4.78 is 41.1. The molecule has 3 heterocycles. The van der Waals surface area contributed by atoms with Crippen LogP contribution in [0.4, 0.5) is 13.2 Å². The van der Waals surface area contributed by atoms with E-state index in [1.54, 1.807) is 12.1 Å². The van der Waals surface area contributed by atoms with Crippen molar-refractivity contribution in [3.05, 3.63) is 53.2 Å². The molecular formula is C16H13F3N4O2S. The van der Waals surface area contributed by atoms with E-state index in [9.17, 15) is 18.0 Å². The largest absolute Gasteiger partial charge is 0.468 e. The molecule has 1 amide bonds. The predicted molar refractivity (Wildman–Crippen MR) is 88.9 cm³/mol. The number of ether oxygens (including phenoxy) is 1. The maximum Gasteiger partial charge on any atom is 0.422 e. The van der Waals surface area contributed by atoms with E-state index >= 15 is 0 Å². The SMILES string of the molecule is O=C(NCc1ccnc(OCC(F)(F)F)c1)c1cc(-c2cccs2)[nH]n1. The van der Waals surface area contributed by atoms with Gasteiger partial charge in [-0.2, -0.15) is 18.3 Å². The Kier molecular flexibility index (Phi) is 5.21. The summed E-state index contributed by atoms with van der Waals surface area (Å²) in [5, 5.41) is 11.3. The van der Waals surface area contributed by atoms with Gasteiger partial charge in [-0.25, -0.2) is 4.98 Å². The fraction of sp³-hybridized carbons (Fsp3) is 0.188. The number of aromatic amines is 1.